The molecule has 3 aromatic heterocycles. The Labute approximate surface area is 207 Å². The quantitative estimate of drug-likeness (QED) is 0.477. The molecule has 2 aliphatic rings. The number of aliphatic carboxylic acids is 1. The number of nitrogens with zero attached hydrogens (tertiary/aromatic N) is 8. The average Bonchev–Trinajstić information content (AvgIpc) is 3.41. The van der Waals surface area contributed by atoms with Crippen molar-refractivity contribution in [3.8, 4) is 11.4 Å². The van der Waals surface area contributed by atoms with Crippen LogP contribution in [0.4, 0.5) is 14.5 Å². The number of piperidine rings is 1. The predicted molar refractivity (Wildman–Crippen MR) is 127 cm³/mol. The number of carboxylic acids is 1. The minimum atomic E-state index is -2.96. The summed E-state index contributed by atoms with van der Waals surface area (Å²) in [5.74, 6) is -3.96. The van der Waals surface area contributed by atoms with Crippen molar-refractivity contribution in [2.45, 2.75) is 57.9 Å². The number of aryl methyl sites for hydroxylation is 2. The highest BCUT2D eigenvalue weighted by Crippen LogP contribution is 2.36. The normalized spacial score (nSPS) is 19.6. The molecular formula is C24H30F2N8O2. The Balaban J connectivity index is 1.42. The van der Waals surface area contributed by atoms with Crippen LogP contribution in [0.15, 0.2) is 18.3 Å². The van der Waals surface area contributed by atoms with Crippen molar-refractivity contribution < 1.29 is 18.7 Å². The summed E-state index contributed by atoms with van der Waals surface area (Å²) < 4.78 is 32.5. The molecule has 1 saturated carbocycles. The monoisotopic (exact) mass is 500 g/mol. The smallest absolute Gasteiger partial charge is 0.303 e. The molecule has 5 rings (SSSR count). The Kier molecular flexibility index (Phi) is 6.44. The number of aromatic nitrogens is 7. The van der Waals surface area contributed by atoms with Crippen molar-refractivity contribution >= 4 is 11.7 Å². The van der Waals surface area contributed by atoms with Gasteiger partial charge < -0.3 is 10.0 Å². The molecule has 1 atom stereocenters. The lowest BCUT2D eigenvalue weighted by atomic mass is 9.91. The first kappa shape index (κ1) is 24.3. The Bertz CT molecular complexity index is 1250. The molecule has 3 aromatic rings. The van der Waals surface area contributed by atoms with Crippen LogP contribution < -0.4 is 4.90 Å². The van der Waals surface area contributed by atoms with Gasteiger partial charge in [0.1, 0.15) is 5.69 Å². The molecule has 0 radical (unpaired) electrons. The molecule has 1 saturated heterocycles. The molecule has 0 spiro atoms. The summed E-state index contributed by atoms with van der Waals surface area (Å²) in [5, 5.41) is 26.0. The zero-order valence-electron chi connectivity index (χ0n) is 20.4. The van der Waals surface area contributed by atoms with E-state index >= 15 is 0 Å². The Morgan fingerprint density at radius 2 is 2.03 bits per heavy atom. The summed E-state index contributed by atoms with van der Waals surface area (Å²) >= 11 is 0. The number of rotatable bonds is 9. The molecular weight excluding hydrogens is 470 g/mol. The van der Waals surface area contributed by atoms with E-state index in [4.69, 9.17) is 10.1 Å². The van der Waals surface area contributed by atoms with Crippen molar-refractivity contribution in [2.24, 2.45) is 18.9 Å². The van der Waals surface area contributed by atoms with Crippen LogP contribution in [0, 0.1) is 11.8 Å². The van der Waals surface area contributed by atoms with Gasteiger partial charge in [-0.25, -0.2) is 23.1 Å². The molecule has 0 amide bonds. The Hall–Kier alpha value is -3.44. The Morgan fingerprint density at radius 3 is 2.75 bits per heavy atom. The van der Waals surface area contributed by atoms with Gasteiger partial charge in [-0.3, -0.25) is 4.79 Å². The number of hydrogen-bond acceptors (Lipinski definition) is 7. The van der Waals surface area contributed by atoms with E-state index in [-0.39, 0.29) is 13.0 Å². The summed E-state index contributed by atoms with van der Waals surface area (Å²) in [6.45, 7) is 2.16. The first-order valence-electron chi connectivity index (χ1n) is 12.3. The number of carboxylic acid groups (broad SMARTS) is 1. The lowest BCUT2D eigenvalue weighted by Crippen LogP contribution is -2.48. The van der Waals surface area contributed by atoms with Crippen molar-refractivity contribution in [1.82, 2.24) is 35.0 Å². The van der Waals surface area contributed by atoms with E-state index in [1.807, 2.05) is 18.7 Å². The van der Waals surface area contributed by atoms with Crippen molar-refractivity contribution in [1.29, 1.82) is 0 Å². The second kappa shape index (κ2) is 9.55. The van der Waals surface area contributed by atoms with Gasteiger partial charge in [0, 0.05) is 20.0 Å². The molecule has 12 heteroatoms. The molecule has 1 aliphatic carbocycles. The van der Waals surface area contributed by atoms with Crippen LogP contribution in [0.3, 0.4) is 0 Å². The summed E-state index contributed by atoms with van der Waals surface area (Å²) in [4.78, 5) is 17.5. The largest absolute Gasteiger partial charge is 0.481 e. The van der Waals surface area contributed by atoms with E-state index in [9.17, 15) is 13.6 Å². The number of hydrogen-bond donors (Lipinski definition) is 1. The van der Waals surface area contributed by atoms with Gasteiger partial charge >= 0.3 is 5.97 Å². The van der Waals surface area contributed by atoms with Crippen LogP contribution in [-0.2, 0) is 31.2 Å². The fourth-order valence-electron chi connectivity index (χ4n) is 5.03. The van der Waals surface area contributed by atoms with Crippen LogP contribution in [0.1, 0.15) is 49.7 Å². The van der Waals surface area contributed by atoms with Crippen LogP contribution in [-0.4, -0.2) is 65.1 Å². The number of halogens is 2. The first-order valence-corrected chi connectivity index (χ1v) is 12.3. The SMILES string of the molecule is CCc1nc(-c2nnn(C)c2Cn2nncc2CC2CC2)ccc1N1C[C@@H](CC(=O)O)CC(F)(F)C1. The zero-order chi connectivity index (χ0) is 25.4. The molecule has 36 heavy (non-hydrogen) atoms. The topological polar surface area (TPSA) is 115 Å². The van der Waals surface area contributed by atoms with E-state index in [1.165, 1.54) is 12.8 Å². The minimum absolute atomic E-state index is 0.252. The summed E-state index contributed by atoms with van der Waals surface area (Å²) in [7, 11) is 1.82. The van der Waals surface area contributed by atoms with Gasteiger partial charge in [-0.15, -0.1) is 10.2 Å². The van der Waals surface area contributed by atoms with Gasteiger partial charge in [0.05, 0.1) is 54.2 Å². The second-order valence-corrected chi connectivity index (χ2v) is 9.96. The molecule has 10 nitrogen and oxygen atoms in total. The van der Waals surface area contributed by atoms with Crippen LogP contribution in [0.2, 0.25) is 0 Å². The van der Waals surface area contributed by atoms with E-state index in [0.717, 1.165) is 17.8 Å². The van der Waals surface area contributed by atoms with E-state index in [2.05, 4.69) is 20.6 Å². The van der Waals surface area contributed by atoms with Gasteiger partial charge in [0.15, 0.2) is 0 Å². The highest BCUT2D eigenvalue weighted by atomic mass is 19.3. The third-order valence-corrected chi connectivity index (χ3v) is 6.95. The van der Waals surface area contributed by atoms with Gasteiger partial charge in [-0.1, -0.05) is 17.4 Å². The molecule has 0 bridgehead atoms. The van der Waals surface area contributed by atoms with E-state index in [1.54, 1.807) is 27.9 Å². The number of alkyl halides is 2. The van der Waals surface area contributed by atoms with Crippen molar-refractivity contribution in [2.75, 3.05) is 18.0 Å². The fraction of sp³-hybridized carbons (Fsp3) is 0.583. The highest BCUT2D eigenvalue weighted by molar-refractivity contribution is 5.67. The van der Waals surface area contributed by atoms with Crippen LogP contribution >= 0.6 is 0 Å². The molecule has 0 unspecified atom stereocenters. The summed E-state index contributed by atoms with van der Waals surface area (Å²) in [6, 6.07) is 3.56. The standard InChI is InChI=1S/C24H30F2N8O2/c1-3-18-20(33-12-16(9-22(35)36)10-24(25,26)14-33)7-6-19(28-18)23-21(32(2)31-29-23)13-34-17(11-27-30-34)8-15-4-5-15/h6-7,11,15-16H,3-5,8-10,12-14H2,1-2H3,(H,35,36)/t16-/m0/s1. The lowest BCUT2D eigenvalue weighted by molar-refractivity contribution is -0.139. The molecule has 2 fully saturated rings. The van der Waals surface area contributed by atoms with Gasteiger partial charge in [0.2, 0.25) is 0 Å². The highest BCUT2D eigenvalue weighted by Gasteiger charge is 2.41. The van der Waals surface area contributed by atoms with Crippen LogP contribution in [0.5, 0.6) is 0 Å². The van der Waals surface area contributed by atoms with E-state index in [0.29, 0.717) is 41.7 Å². The van der Waals surface area contributed by atoms with Gasteiger partial charge in [-0.05, 0) is 49.7 Å². The van der Waals surface area contributed by atoms with Crippen LogP contribution in [0.25, 0.3) is 11.4 Å². The molecule has 1 N–H and O–H groups in total. The molecule has 192 valence electrons. The minimum Gasteiger partial charge on any atom is -0.481 e. The maximum atomic E-state index is 14.5. The number of pyridine rings is 1. The first-order chi connectivity index (χ1) is 17.2. The molecule has 4 heterocycles. The third-order valence-electron chi connectivity index (χ3n) is 6.95. The summed E-state index contributed by atoms with van der Waals surface area (Å²) in [6.07, 6.45) is 5.04. The molecule has 1 aliphatic heterocycles. The maximum Gasteiger partial charge on any atom is 0.303 e. The second-order valence-electron chi connectivity index (χ2n) is 9.96. The maximum absolute atomic E-state index is 14.5. The predicted octanol–water partition coefficient (Wildman–Crippen LogP) is 2.97. The fourth-order valence-corrected chi connectivity index (χ4v) is 5.03. The van der Waals surface area contributed by atoms with E-state index < -0.39 is 30.8 Å². The number of anilines is 1. The van der Waals surface area contributed by atoms with Crippen molar-refractivity contribution in [3.05, 3.63) is 35.4 Å². The summed E-state index contributed by atoms with van der Waals surface area (Å²) in [5.41, 5.74) is 4.37. The lowest BCUT2D eigenvalue weighted by Gasteiger charge is -2.39. The zero-order valence-corrected chi connectivity index (χ0v) is 20.4. The third kappa shape index (κ3) is 5.21. The van der Waals surface area contributed by atoms with Gasteiger partial charge in [-0.2, -0.15) is 0 Å². The number of carbonyl (C=O) groups is 1. The van der Waals surface area contributed by atoms with Crippen molar-refractivity contribution in [3.63, 3.8) is 0 Å². The average molecular weight is 501 g/mol. The molecule has 0 aromatic carbocycles. The Morgan fingerprint density at radius 1 is 1.22 bits per heavy atom. The van der Waals surface area contributed by atoms with Gasteiger partial charge in [0.25, 0.3) is 5.92 Å².